The quantitative estimate of drug-likeness (QED) is 0.525. The third-order valence-electron chi connectivity index (χ3n) is 2.36. The van der Waals surface area contributed by atoms with E-state index in [9.17, 15) is 0 Å². The first-order valence-corrected chi connectivity index (χ1v) is 6.43. The van der Waals surface area contributed by atoms with Crippen molar-refractivity contribution >= 4 is 0 Å². The summed E-state index contributed by atoms with van der Waals surface area (Å²) >= 11 is 0. The minimum Gasteiger partial charge on any atom is -0.103 e. The van der Waals surface area contributed by atoms with Crippen LogP contribution in [0.5, 0.6) is 0 Å². The molecule has 0 fully saturated rings. The van der Waals surface area contributed by atoms with Gasteiger partial charge in [0.25, 0.3) is 0 Å². The van der Waals surface area contributed by atoms with Gasteiger partial charge < -0.3 is 0 Å². The molecule has 0 saturated heterocycles. The van der Waals surface area contributed by atoms with E-state index >= 15 is 0 Å². The van der Waals surface area contributed by atoms with Crippen molar-refractivity contribution < 1.29 is 0 Å². The maximum atomic E-state index is 3.21. The van der Waals surface area contributed by atoms with Crippen LogP contribution in [-0.2, 0) is 0 Å². The molecule has 0 aromatic heterocycles. The molecule has 17 heavy (non-hydrogen) atoms. The van der Waals surface area contributed by atoms with Crippen molar-refractivity contribution in [3.63, 3.8) is 0 Å². The monoisotopic (exact) mass is 224 g/mol. The number of hydrogen-bond donors (Lipinski definition) is 0. The number of hydrogen-bond acceptors (Lipinski definition) is 0. The van der Waals surface area contributed by atoms with Crippen LogP contribution in [-0.4, -0.2) is 0 Å². The molecule has 1 rings (SSSR count). The van der Waals surface area contributed by atoms with Crippen LogP contribution < -0.4 is 0 Å². The van der Waals surface area contributed by atoms with Crippen LogP contribution in [0.4, 0.5) is 0 Å². The Labute approximate surface area is 105 Å². The van der Waals surface area contributed by atoms with E-state index in [1.54, 1.807) is 0 Å². The van der Waals surface area contributed by atoms with Gasteiger partial charge in [-0.05, 0) is 31.4 Å². The molecule has 1 aromatic carbocycles. The molecule has 0 heteroatoms. The second-order valence-corrected chi connectivity index (χ2v) is 3.98. The second kappa shape index (κ2) is 9.56. The molecule has 0 N–H and O–H groups in total. The molecule has 0 unspecified atom stereocenters. The van der Waals surface area contributed by atoms with Gasteiger partial charge in [0.05, 0.1) is 0 Å². The summed E-state index contributed by atoms with van der Waals surface area (Å²) in [5.41, 5.74) is 1.11. The van der Waals surface area contributed by atoms with Crippen molar-refractivity contribution in [2.75, 3.05) is 0 Å². The zero-order chi connectivity index (χ0) is 12.2. The predicted octanol–water partition coefficient (Wildman–Crippen LogP) is 4.40. The summed E-state index contributed by atoms with van der Waals surface area (Å²) in [5.74, 6) is 12.7. The molecule has 0 radical (unpaired) electrons. The van der Waals surface area contributed by atoms with E-state index in [0.29, 0.717) is 0 Å². The highest BCUT2D eigenvalue weighted by Gasteiger charge is 1.84. The van der Waals surface area contributed by atoms with Crippen molar-refractivity contribution in [2.45, 2.75) is 45.4 Å². The standard InChI is InChI=1S/C17H20/c1-2-3-4-5-6-7-8-9-11-14-17-15-12-10-13-16-17/h10,12-13,15-16H,2-3,6-9H2,1H3. The van der Waals surface area contributed by atoms with Crippen LogP contribution in [0.2, 0.25) is 0 Å². The fourth-order valence-electron chi connectivity index (χ4n) is 1.41. The lowest BCUT2D eigenvalue weighted by atomic mass is 10.1. The van der Waals surface area contributed by atoms with Crippen molar-refractivity contribution in [1.82, 2.24) is 0 Å². The van der Waals surface area contributed by atoms with Gasteiger partial charge in [-0.15, -0.1) is 11.8 Å². The van der Waals surface area contributed by atoms with Crippen LogP contribution in [0.25, 0.3) is 0 Å². The van der Waals surface area contributed by atoms with Gasteiger partial charge in [0.2, 0.25) is 0 Å². The van der Waals surface area contributed by atoms with E-state index in [0.717, 1.165) is 37.7 Å². The molecule has 0 heterocycles. The minimum absolute atomic E-state index is 0.977. The number of rotatable bonds is 4. The van der Waals surface area contributed by atoms with E-state index in [1.165, 1.54) is 6.42 Å². The van der Waals surface area contributed by atoms with Crippen molar-refractivity contribution in [3.8, 4) is 23.7 Å². The van der Waals surface area contributed by atoms with Gasteiger partial charge >= 0.3 is 0 Å². The van der Waals surface area contributed by atoms with Gasteiger partial charge in [-0.3, -0.25) is 0 Å². The Morgan fingerprint density at radius 2 is 1.47 bits per heavy atom. The molecule has 0 aliphatic carbocycles. The zero-order valence-electron chi connectivity index (χ0n) is 10.6. The zero-order valence-corrected chi connectivity index (χ0v) is 10.6. The average Bonchev–Trinajstić information content (AvgIpc) is 2.38. The summed E-state index contributed by atoms with van der Waals surface area (Å²) in [5, 5.41) is 0. The Bertz CT molecular complexity index is 406. The molecule has 0 amide bonds. The average molecular weight is 224 g/mol. The first-order valence-electron chi connectivity index (χ1n) is 6.43. The molecule has 0 aliphatic rings. The first-order chi connectivity index (χ1) is 8.43. The summed E-state index contributed by atoms with van der Waals surface area (Å²) in [6.45, 7) is 2.16. The Kier molecular flexibility index (Phi) is 7.54. The third kappa shape index (κ3) is 7.26. The minimum atomic E-state index is 0.977. The van der Waals surface area contributed by atoms with Gasteiger partial charge in [-0.2, -0.15) is 0 Å². The molecule has 1 aromatic rings. The van der Waals surface area contributed by atoms with E-state index in [-0.39, 0.29) is 0 Å². The van der Waals surface area contributed by atoms with Crippen molar-refractivity contribution in [2.24, 2.45) is 0 Å². The van der Waals surface area contributed by atoms with E-state index in [4.69, 9.17) is 0 Å². The summed E-state index contributed by atoms with van der Waals surface area (Å²) in [6.07, 6.45) is 6.52. The maximum Gasteiger partial charge on any atom is 0.0245 e. The highest BCUT2D eigenvalue weighted by Crippen LogP contribution is 1.99. The van der Waals surface area contributed by atoms with Gasteiger partial charge in [0.1, 0.15) is 0 Å². The van der Waals surface area contributed by atoms with Crippen molar-refractivity contribution in [3.05, 3.63) is 35.9 Å². The number of benzene rings is 1. The first kappa shape index (κ1) is 13.4. The fraction of sp³-hybridized carbons (Fsp3) is 0.412. The van der Waals surface area contributed by atoms with E-state index in [1.807, 2.05) is 30.3 Å². The second-order valence-electron chi connectivity index (χ2n) is 3.98. The molecule has 0 spiro atoms. The molecule has 0 atom stereocenters. The van der Waals surface area contributed by atoms with Gasteiger partial charge in [-0.25, -0.2) is 0 Å². The molecule has 0 saturated carbocycles. The highest BCUT2D eigenvalue weighted by atomic mass is 13.9. The molecule has 88 valence electrons. The maximum absolute atomic E-state index is 3.21. The van der Waals surface area contributed by atoms with E-state index < -0.39 is 0 Å². The Morgan fingerprint density at radius 3 is 2.18 bits per heavy atom. The van der Waals surface area contributed by atoms with Crippen LogP contribution in [0, 0.1) is 23.7 Å². The summed E-state index contributed by atoms with van der Waals surface area (Å²) in [4.78, 5) is 0. The lowest BCUT2D eigenvalue weighted by Gasteiger charge is -1.90. The predicted molar refractivity (Wildman–Crippen MR) is 74.5 cm³/mol. The summed E-state index contributed by atoms with van der Waals surface area (Å²) in [6, 6.07) is 10.1. The van der Waals surface area contributed by atoms with E-state index in [2.05, 4.69) is 30.6 Å². The number of unbranched alkanes of at least 4 members (excludes halogenated alkanes) is 4. The largest absolute Gasteiger partial charge is 0.103 e. The van der Waals surface area contributed by atoms with Crippen LogP contribution in [0.3, 0.4) is 0 Å². The topological polar surface area (TPSA) is 0 Å². The van der Waals surface area contributed by atoms with Crippen LogP contribution in [0.1, 0.15) is 51.0 Å². The lowest BCUT2D eigenvalue weighted by molar-refractivity contribution is 0.781. The van der Waals surface area contributed by atoms with Crippen LogP contribution in [0.15, 0.2) is 30.3 Å². The van der Waals surface area contributed by atoms with Crippen molar-refractivity contribution in [1.29, 1.82) is 0 Å². The molecular formula is C17H20. The highest BCUT2D eigenvalue weighted by molar-refractivity contribution is 5.33. The third-order valence-corrected chi connectivity index (χ3v) is 2.36. The van der Waals surface area contributed by atoms with Crippen LogP contribution >= 0.6 is 0 Å². The Hall–Kier alpha value is -1.66. The van der Waals surface area contributed by atoms with Gasteiger partial charge in [0.15, 0.2) is 0 Å². The smallest absolute Gasteiger partial charge is 0.0245 e. The molecule has 0 nitrogen and oxygen atoms in total. The Balaban J connectivity index is 2.09. The summed E-state index contributed by atoms with van der Waals surface area (Å²) < 4.78 is 0. The SMILES string of the molecule is CCCC#CCCCCC#Cc1ccccc1. The normalized spacial score (nSPS) is 8.76. The molecule has 0 aliphatic heterocycles. The molecule has 0 bridgehead atoms. The molecular weight excluding hydrogens is 204 g/mol. The fourth-order valence-corrected chi connectivity index (χ4v) is 1.41. The van der Waals surface area contributed by atoms with Gasteiger partial charge in [0, 0.05) is 24.8 Å². The lowest BCUT2D eigenvalue weighted by Crippen LogP contribution is -1.75. The Morgan fingerprint density at radius 1 is 0.824 bits per heavy atom. The summed E-state index contributed by atoms with van der Waals surface area (Å²) in [7, 11) is 0. The van der Waals surface area contributed by atoms with Gasteiger partial charge in [-0.1, -0.05) is 37.0 Å².